The highest BCUT2D eigenvalue weighted by molar-refractivity contribution is 9.10. The molecular weight excluding hydrogens is 341 g/mol. The topological polar surface area (TPSA) is 46.2 Å². The minimum Gasteiger partial charge on any atom is -0.276 e. The van der Waals surface area contributed by atoms with Crippen molar-refractivity contribution in [2.75, 3.05) is 4.72 Å². The molecule has 1 aromatic carbocycles. The number of nitrogens with one attached hydrogen (secondary N) is 1. The second kappa shape index (κ2) is 4.99. The molecule has 1 aromatic heterocycles. The molecule has 0 radical (unpaired) electrons. The molecule has 7 heteroatoms. The summed E-state index contributed by atoms with van der Waals surface area (Å²) in [5.74, 6) is -0.600. The summed E-state index contributed by atoms with van der Waals surface area (Å²) in [5.41, 5.74) is 0.731. The lowest BCUT2D eigenvalue weighted by molar-refractivity contribution is 0.600. The second-order valence-electron chi connectivity index (χ2n) is 3.64. The summed E-state index contributed by atoms with van der Waals surface area (Å²) < 4.78 is 40.4. The van der Waals surface area contributed by atoms with Crippen LogP contribution in [-0.2, 0) is 10.0 Å². The van der Waals surface area contributed by atoms with Crippen LogP contribution in [0.15, 0.2) is 38.3 Å². The molecule has 0 saturated carbocycles. The first-order valence-corrected chi connectivity index (χ1v) is 8.08. The standard InChI is InChI=1S/C11H9BrFNO2S2/c1-7-2-3-9(13)10(6-7)14-18(15,16)11-8(12)4-5-17-11/h2-6,14H,1H3. The van der Waals surface area contributed by atoms with Gasteiger partial charge in [0.1, 0.15) is 5.82 Å². The van der Waals surface area contributed by atoms with Crippen molar-refractivity contribution >= 4 is 43.0 Å². The number of sulfonamides is 1. The van der Waals surface area contributed by atoms with Crippen LogP contribution >= 0.6 is 27.3 Å². The Morgan fingerprint density at radius 3 is 2.67 bits per heavy atom. The van der Waals surface area contributed by atoms with E-state index in [2.05, 4.69) is 20.7 Å². The molecule has 0 atom stereocenters. The predicted molar refractivity (Wildman–Crippen MR) is 74.0 cm³/mol. The van der Waals surface area contributed by atoms with Crippen LogP contribution in [0.5, 0.6) is 0 Å². The average Bonchev–Trinajstić information content (AvgIpc) is 2.70. The monoisotopic (exact) mass is 349 g/mol. The molecule has 18 heavy (non-hydrogen) atoms. The number of halogens is 2. The molecule has 0 amide bonds. The summed E-state index contributed by atoms with van der Waals surface area (Å²) in [6, 6.07) is 5.89. The van der Waals surface area contributed by atoms with Crippen molar-refractivity contribution in [3.05, 3.63) is 45.5 Å². The highest BCUT2D eigenvalue weighted by Gasteiger charge is 2.20. The lowest BCUT2D eigenvalue weighted by Crippen LogP contribution is -2.13. The Morgan fingerprint density at radius 1 is 1.33 bits per heavy atom. The summed E-state index contributed by atoms with van der Waals surface area (Å²) in [7, 11) is -3.76. The zero-order valence-electron chi connectivity index (χ0n) is 9.28. The molecule has 0 aliphatic carbocycles. The molecule has 0 bridgehead atoms. The number of thiophene rings is 1. The first-order valence-electron chi connectivity index (χ1n) is 4.92. The van der Waals surface area contributed by atoms with Gasteiger partial charge in [-0.25, -0.2) is 12.8 Å². The van der Waals surface area contributed by atoms with Gasteiger partial charge in [0.15, 0.2) is 4.21 Å². The van der Waals surface area contributed by atoms with E-state index in [4.69, 9.17) is 0 Å². The summed E-state index contributed by atoms with van der Waals surface area (Å²) >= 11 is 4.21. The molecule has 0 unspecified atom stereocenters. The second-order valence-corrected chi connectivity index (χ2v) is 7.29. The third-order valence-corrected chi connectivity index (χ3v) is 6.23. The van der Waals surface area contributed by atoms with Crippen molar-refractivity contribution in [3.63, 3.8) is 0 Å². The maximum atomic E-state index is 13.5. The van der Waals surface area contributed by atoms with Crippen molar-refractivity contribution in [3.8, 4) is 0 Å². The number of benzene rings is 1. The first kappa shape index (κ1) is 13.5. The van der Waals surface area contributed by atoms with Crippen molar-refractivity contribution < 1.29 is 12.8 Å². The van der Waals surface area contributed by atoms with Gasteiger partial charge < -0.3 is 0 Å². The van der Waals surface area contributed by atoms with Crippen LogP contribution in [0.4, 0.5) is 10.1 Å². The molecule has 0 spiro atoms. The quantitative estimate of drug-likeness (QED) is 0.916. The number of anilines is 1. The van der Waals surface area contributed by atoms with Gasteiger partial charge in [-0.1, -0.05) is 6.07 Å². The van der Waals surface area contributed by atoms with Crippen LogP contribution in [-0.4, -0.2) is 8.42 Å². The fraction of sp³-hybridized carbons (Fsp3) is 0.0909. The van der Waals surface area contributed by atoms with Crippen molar-refractivity contribution in [2.24, 2.45) is 0 Å². The predicted octanol–water partition coefficient (Wildman–Crippen LogP) is 3.76. The van der Waals surface area contributed by atoms with Gasteiger partial charge in [-0.15, -0.1) is 11.3 Å². The summed E-state index contributed by atoms with van der Waals surface area (Å²) in [6.07, 6.45) is 0. The maximum Gasteiger partial charge on any atom is 0.272 e. The van der Waals surface area contributed by atoms with Gasteiger partial charge in [-0.3, -0.25) is 4.72 Å². The first-order chi connectivity index (χ1) is 8.40. The van der Waals surface area contributed by atoms with E-state index in [0.717, 1.165) is 16.9 Å². The minimum absolute atomic E-state index is 0.0460. The van der Waals surface area contributed by atoms with Gasteiger partial charge in [0, 0.05) is 4.47 Å². The van der Waals surface area contributed by atoms with Crippen molar-refractivity contribution in [2.45, 2.75) is 11.1 Å². The molecule has 0 fully saturated rings. The zero-order valence-corrected chi connectivity index (χ0v) is 12.5. The number of hydrogen-bond donors (Lipinski definition) is 1. The van der Waals surface area contributed by atoms with E-state index in [-0.39, 0.29) is 9.90 Å². The van der Waals surface area contributed by atoms with Crippen LogP contribution in [0.1, 0.15) is 5.56 Å². The third kappa shape index (κ3) is 2.73. The van der Waals surface area contributed by atoms with Crippen LogP contribution in [0, 0.1) is 12.7 Å². The molecule has 1 heterocycles. The fourth-order valence-corrected chi connectivity index (χ4v) is 4.78. The smallest absolute Gasteiger partial charge is 0.272 e. The Morgan fingerprint density at radius 2 is 2.06 bits per heavy atom. The van der Waals surface area contributed by atoms with E-state index in [1.807, 2.05) is 0 Å². The number of rotatable bonds is 3. The normalized spacial score (nSPS) is 11.5. The molecule has 0 saturated heterocycles. The lowest BCUT2D eigenvalue weighted by Gasteiger charge is -2.08. The molecule has 0 aliphatic heterocycles. The molecule has 2 rings (SSSR count). The van der Waals surface area contributed by atoms with Gasteiger partial charge in [0.05, 0.1) is 5.69 Å². The van der Waals surface area contributed by atoms with E-state index >= 15 is 0 Å². The SMILES string of the molecule is Cc1ccc(F)c(NS(=O)(=O)c2sccc2Br)c1. The van der Waals surface area contributed by atoms with E-state index in [9.17, 15) is 12.8 Å². The van der Waals surface area contributed by atoms with Gasteiger partial charge in [-0.05, 0) is 52.0 Å². The molecule has 3 nitrogen and oxygen atoms in total. The van der Waals surface area contributed by atoms with Gasteiger partial charge >= 0.3 is 0 Å². The number of hydrogen-bond acceptors (Lipinski definition) is 3. The van der Waals surface area contributed by atoms with Gasteiger partial charge in [0.25, 0.3) is 10.0 Å². The molecule has 0 aliphatic rings. The van der Waals surface area contributed by atoms with Crippen LogP contribution < -0.4 is 4.72 Å². The van der Waals surface area contributed by atoms with Gasteiger partial charge in [-0.2, -0.15) is 0 Å². The fourth-order valence-electron chi connectivity index (χ4n) is 1.38. The average molecular weight is 350 g/mol. The van der Waals surface area contributed by atoms with E-state index in [0.29, 0.717) is 4.47 Å². The Hall–Kier alpha value is -0.920. The van der Waals surface area contributed by atoms with Gasteiger partial charge in [0.2, 0.25) is 0 Å². The molecule has 96 valence electrons. The number of aryl methyl sites for hydroxylation is 1. The summed E-state index contributed by atoms with van der Waals surface area (Å²) in [4.78, 5) is 0. The van der Waals surface area contributed by atoms with E-state index in [1.165, 1.54) is 12.1 Å². The zero-order chi connectivity index (χ0) is 13.3. The summed E-state index contributed by atoms with van der Waals surface area (Å²) in [6.45, 7) is 1.76. The largest absolute Gasteiger partial charge is 0.276 e. The molecule has 2 aromatic rings. The van der Waals surface area contributed by atoms with E-state index in [1.54, 1.807) is 24.4 Å². The highest BCUT2D eigenvalue weighted by Crippen LogP contribution is 2.30. The Balaban J connectivity index is 2.40. The van der Waals surface area contributed by atoms with E-state index < -0.39 is 15.8 Å². The summed E-state index contributed by atoms with van der Waals surface area (Å²) in [5, 5.41) is 1.64. The minimum atomic E-state index is -3.76. The van der Waals surface area contributed by atoms with Crippen LogP contribution in [0.3, 0.4) is 0 Å². The Kier molecular flexibility index (Phi) is 3.74. The Bertz CT molecular complexity index is 682. The van der Waals surface area contributed by atoms with Crippen LogP contribution in [0.25, 0.3) is 0 Å². The molecule has 1 N–H and O–H groups in total. The maximum absolute atomic E-state index is 13.5. The van der Waals surface area contributed by atoms with Crippen molar-refractivity contribution in [1.82, 2.24) is 0 Å². The lowest BCUT2D eigenvalue weighted by atomic mass is 10.2. The molecular formula is C11H9BrFNO2S2. The highest BCUT2D eigenvalue weighted by atomic mass is 79.9. The Labute approximate surface area is 117 Å². The third-order valence-electron chi connectivity index (χ3n) is 2.19. The van der Waals surface area contributed by atoms with Crippen LogP contribution in [0.2, 0.25) is 0 Å². The van der Waals surface area contributed by atoms with Crippen molar-refractivity contribution in [1.29, 1.82) is 0 Å².